The molecule has 22 heavy (non-hydrogen) atoms. The van der Waals surface area contributed by atoms with Gasteiger partial charge in [-0.2, -0.15) is 0 Å². The summed E-state index contributed by atoms with van der Waals surface area (Å²) in [6, 6.07) is 19.6. The maximum atomic E-state index is 6.29. The van der Waals surface area contributed by atoms with Crippen molar-refractivity contribution >= 4 is 22.8 Å². The topological polar surface area (TPSA) is 54.5 Å². The minimum absolute atomic E-state index is 0.374. The van der Waals surface area contributed by atoms with Gasteiger partial charge >= 0.3 is 0 Å². The van der Waals surface area contributed by atoms with Crippen LogP contribution in [0.1, 0.15) is 0 Å². The van der Waals surface area contributed by atoms with Gasteiger partial charge in [-0.25, -0.2) is 15.0 Å². The molecule has 0 atom stereocenters. The third kappa shape index (κ3) is 2.23. The Balaban J connectivity index is 1.88. The van der Waals surface area contributed by atoms with Crippen LogP contribution in [0.4, 0.5) is 0 Å². The van der Waals surface area contributed by atoms with Gasteiger partial charge in [-0.1, -0.05) is 72.3 Å². The van der Waals surface area contributed by atoms with E-state index in [4.69, 9.17) is 11.6 Å². The number of fused-ring (bicyclic) bond motifs is 1. The summed E-state index contributed by atoms with van der Waals surface area (Å²) in [5.41, 5.74) is 3.12. The summed E-state index contributed by atoms with van der Waals surface area (Å²) >= 11 is 6.29. The number of aromatic amines is 1. The van der Waals surface area contributed by atoms with Crippen LogP contribution >= 0.6 is 11.6 Å². The van der Waals surface area contributed by atoms with Crippen LogP contribution < -0.4 is 0 Å². The van der Waals surface area contributed by atoms with Crippen LogP contribution in [0.25, 0.3) is 33.9 Å². The highest BCUT2D eigenvalue weighted by molar-refractivity contribution is 6.33. The minimum atomic E-state index is 0.374. The highest BCUT2D eigenvalue weighted by Crippen LogP contribution is 2.26. The summed E-state index contributed by atoms with van der Waals surface area (Å²) in [6.07, 6.45) is 0. The molecule has 0 aliphatic rings. The first kappa shape index (κ1) is 13.0. The van der Waals surface area contributed by atoms with Gasteiger partial charge in [0.1, 0.15) is 11.3 Å². The molecule has 106 valence electrons. The van der Waals surface area contributed by atoms with E-state index in [0.29, 0.717) is 22.1 Å². The number of nitrogens with zero attached hydrogens (tertiary/aromatic N) is 3. The lowest BCUT2D eigenvalue weighted by molar-refractivity contribution is 1.21. The second-order valence-electron chi connectivity index (χ2n) is 4.85. The second kappa shape index (κ2) is 5.24. The van der Waals surface area contributed by atoms with Gasteiger partial charge in [-0.3, -0.25) is 0 Å². The first-order valence-corrected chi connectivity index (χ1v) is 7.23. The smallest absolute Gasteiger partial charge is 0.183 e. The van der Waals surface area contributed by atoms with Gasteiger partial charge in [-0.15, -0.1) is 0 Å². The number of imidazole rings is 1. The summed E-state index contributed by atoms with van der Waals surface area (Å²) in [5, 5.41) is 0.374. The maximum Gasteiger partial charge on any atom is 0.183 e. The molecule has 0 aliphatic heterocycles. The molecule has 4 aromatic rings. The highest BCUT2D eigenvalue weighted by atomic mass is 35.5. The van der Waals surface area contributed by atoms with Crippen LogP contribution in [0, 0.1) is 0 Å². The van der Waals surface area contributed by atoms with Crippen molar-refractivity contribution in [2.24, 2.45) is 0 Å². The van der Waals surface area contributed by atoms with E-state index >= 15 is 0 Å². The van der Waals surface area contributed by atoms with E-state index in [9.17, 15) is 0 Å². The predicted molar refractivity (Wildman–Crippen MR) is 87.6 cm³/mol. The van der Waals surface area contributed by atoms with E-state index in [-0.39, 0.29) is 0 Å². The summed E-state index contributed by atoms with van der Waals surface area (Å²) in [4.78, 5) is 16.6. The van der Waals surface area contributed by atoms with E-state index < -0.39 is 0 Å². The molecule has 5 heteroatoms. The van der Waals surface area contributed by atoms with Crippen molar-refractivity contribution in [2.45, 2.75) is 0 Å². The van der Waals surface area contributed by atoms with E-state index in [1.807, 2.05) is 60.7 Å². The fourth-order valence-corrected chi connectivity index (χ4v) is 2.52. The molecule has 0 aliphatic carbocycles. The van der Waals surface area contributed by atoms with Crippen molar-refractivity contribution in [3.63, 3.8) is 0 Å². The summed E-state index contributed by atoms with van der Waals surface area (Å²) in [7, 11) is 0. The lowest BCUT2D eigenvalue weighted by atomic mass is 10.2. The Morgan fingerprint density at radius 1 is 0.727 bits per heavy atom. The molecule has 0 bridgehead atoms. The molecule has 0 saturated carbocycles. The molecule has 0 amide bonds. The molecule has 0 saturated heterocycles. The molecule has 1 N–H and O–H groups in total. The predicted octanol–water partition coefficient (Wildman–Crippen LogP) is 4.34. The Hall–Kier alpha value is -2.72. The molecule has 0 radical (unpaired) electrons. The highest BCUT2D eigenvalue weighted by Gasteiger charge is 2.13. The zero-order valence-electron chi connectivity index (χ0n) is 11.5. The molecule has 2 aromatic heterocycles. The third-order valence-corrected chi connectivity index (χ3v) is 3.66. The van der Waals surface area contributed by atoms with E-state index in [1.165, 1.54) is 0 Å². The van der Waals surface area contributed by atoms with Crippen LogP contribution in [0.15, 0.2) is 60.7 Å². The van der Waals surface area contributed by atoms with Gasteiger partial charge in [0.15, 0.2) is 16.6 Å². The second-order valence-corrected chi connectivity index (χ2v) is 5.21. The summed E-state index contributed by atoms with van der Waals surface area (Å²) in [5.74, 6) is 1.31. The van der Waals surface area contributed by atoms with Crippen LogP contribution in [0.2, 0.25) is 5.15 Å². The third-order valence-electron chi connectivity index (χ3n) is 3.39. The Morgan fingerprint density at radius 2 is 1.36 bits per heavy atom. The number of aromatic nitrogens is 4. The number of rotatable bonds is 2. The van der Waals surface area contributed by atoms with Gasteiger partial charge in [0.2, 0.25) is 0 Å². The molecule has 4 rings (SSSR count). The Bertz CT molecular complexity index is 933. The number of nitrogens with one attached hydrogen (secondary N) is 1. The van der Waals surface area contributed by atoms with Gasteiger partial charge in [0, 0.05) is 11.1 Å². The van der Waals surface area contributed by atoms with E-state index in [0.717, 1.165) is 17.0 Å². The molecule has 0 fully saturated rings. The molecule has 2 aromatic carbocycles. The first-order chi connectivity index (χ1) is 10.8. The Kier molecular flexibility index (Phi) is 3.09. The van der Waals surface area contributed by atoms with Crippen molar-refractivity contribution in [3.05, 3.63) is 65.8 Å². The van der Waals surface area contributed by atoms with Crippen LogP contribution in [-0.2, 0) is 0 Å². The van der Waals surface area contributed by atoms with Crippen molar-refractivity contribution in [1.82, 2.24) is 19.9 Å². The number of benzene rings is 2. The van der Waals surface area contributed by atoms with Gasteiger partial charge in [0.25, 0.3) is 0 Å². The number of halogens is 1. The van der Waals surface area contributed by atoms with E-state index in [1.54, 1.807) is 0 Å². The molecular formula is C17H11ClN4. The zero-order chi connectivity index (χ0) is 14.9. The zero-order valence-corrected chi connectivity index (χ0v) is 12.2. The van der Waals surface area contributed by atoms with Crippen molar-refractivity contribution in [1.29, 1.82) is 0 Å². The van der Waals surface area contributed by atoms with Gasteiger partial charge < -0.3 is 4.98 Å². The normalized spacial score (nSPS) is 11.0. The minimum Gasteiger partial charge on any atom is -0.334 e. The quantitative estimate of drug-likeness (QED) is 0.560. The van der Waals surface area contributed by atoms with Crippen molar-refractivity contribution in [2.75, 3.05) is 0 Å². The number of hydrogen-bond donors (Lipinski definition) is 1. The first-order valence-electron chi connectivity index (χ1n) is 6.85. The monoisotopic (exact) mass is 306 g/mol. The molecule has 4 nitrogen and oxygen atoms in total. The average Bonchev–Trinajstić information content (AvgIpc) is 3.01. The lowest BCUT2D eigenvalue weighted by Gasteiger charge is -2.00. The van der Waals surface area contributed by atoms with Gasteiger partial charge in [-0.05, 0) is 0 Å². The Morgan fingerprint density at radius 3 is 2.05 bits per heavy atom. The standard InChI is InChI=1S/C17H11ClN4/c18-14-13-17(21-15(19-13)11-7-3-1-4-8-11)22-16(20-14)12-9-5-2-6-10-12/h1-10H,(H,19,20,21,22). The van der Waals surface area contributed by atoms with Gasteiger partial charge in [0.05, 0.1) is 0 Å². The van der Waals surface area contributed by atoms with Crippen molar-refractivity contribution in [3.8, 4) is 22.8 Å². The summed E-state index contributed by atoms with van der Waals surface area (Å²) in [6.45, 7) is 0. The summed E-state index contributed by atoms with van der Waals surface area (Å²) < 4.78 is 0. The Labute approximate surface area is 131 Å². The van der Waals surface area contributed by atoms with Crippen molar-refractivity contribution < 1.29 is 0 Å². The SMILES string of the molecule is Clc1nc(-c2ccccc2)nc2nc(-c3ccccc3)[nH]c12. The molecule has 0 spiro atoms. The molecular weight excluding hydrogens is 296 g/mol. The fourth-order valence-electron chi connectivity index (χ4n) is 2.31. The number of H-pyrrole nitrogens is 1. The van der Waals surface area contributed by atoms with E-state index in [2.05, 4.69) is 19.9 Å². The largest absolute Gasteiger partial charge is 0.334 e. The average molecular weight is 307 g/mol. The molecule has 2 heterocycles. The van der Waals surface area contributed by atoms with Crippen LogP contribution in [0.3, 0.4) is 0 Å². The molecule has 0 unspecified atom stereocenters. The van der Waals surface area contributed by atoms with Crippen LogP contribution in [-0.4, -0.2) is 19.9 Å². The van der Waals surface area contributed by atoms with Crippen LogP contribution in [0.5, 0.6) is 0 Å². The lowest BCUT2D eigenvalue weighted by Crippen LogP contribution is -1.90. The number of hydrogen-bond acceptors (Lipinski definition) is 3. The maximum absolute atomic E-state index is 6.29. The fraction of sp³-hybridized carbons (Fsp3) is 0.